The van der Waals surface area contributed by atoms with E-state index in [0.29, 0.717) is 41.1 Å². The van der Waals surface area contributed by atoms with E-state index >= 15 is 0 Å². The number of likely N-dealkylation sites (tertiary alicyclic amines) is 1. The predicted octanol–water partition coefficient (Wildman–Crippen LogP) is 4.27. The van der Waals surface area contributed by atoms with Gasteiger partial charge in [0.2, 0.25) is 5.91 Å². The lowest BCUT2D eigenvalue weighted by Gasteiger charge is -2.28. The zero-order valence-electron chi connectivity index (χ0n) is 18.7. The first-order chi connectivity index (χ1) is 16.1. The number of rotatable bonds is 8. The third kappa shape index (κ3) is 4.97. The third-order valence-corrected chi connectivity index (χ3v) is 6.91. The van der Waals surface area contributed by atoms with Crippen molar-refractivity contribution >= 4 is 28.4 Å². The van der Waals surface area contributed by atoms with Crippen LogP contribution in [0.3, 0.4) is 0 Å². The topological polar surface area (TPSA) is 67.2 Å². The van der Waals surface area contributed by atoms with Gasteiger partial charge in [-0.1, -0.05) is 35.9 Å². The van der Waals surface area contributed by atoms with Crippen LogP contribution in [-0.4, -0.2) is 40.0 Å². The van der Waals surface area contributed by atoms with E-state index in [4.69, 9.17) is 16.6 Å². The van der Waals surface area contributed by atoms with E-state index in [1.807, 2.05) is 47.0 Å². The summed E-state index contributed by atoms with van der Waals surface area (Å²) in [5.41, 5.74) is 1.84. The molecule has 2 heterocycles. The Balaban J connectivity index is 1.28. The molecule has 0 bridgehead atoms. The fourth-order valence-electron chi connectivity index (χ4n) is 4.83. The van der Waals surface area contributed by atoms with Gasteiger partial charge in [-0.15, -0.1) is 0 Å². The average Bonchev–Trinajstić information content (AvgIpc) is 3.51. The number of aromatic nitrogens is 2. The maximum absolute atomic E-state index is 13.0. The molecule has 1 unspecified atom stereocenters. The summed E-state index contributed by atoms with van der Waals surface area (Å²) in [6, 6.07) is 15.7. The van der Waals surface area contributed by atoms with Crippen LogP contribution in [-0.2, 0) is 11.2 Å². The zero-order chi connectivity index (χ0) is 22.8. The molecule has 1 saturated heterocycles. The second-order valence-electron chi connectivity index (χ2n) is 9.07. The van der Waals surface area contributed by atoms with Gasteiger partial charge in [0.25, 0.3) is 5.56 Å². The number of nitrogens with one attached hydrogen (secondary N) is 1. The average molecular weight is 465 g/mol. The summed E-state index contributed by atoms with van der Waals surface area (Å²) >= 11 is 6.23. The predicted molar refractivity (Wildman–Crippen MR) is 131 cm³/mol. The lowest BCUT2D eigenvalue weighted by Crippen LogP contribution is -2.37. The van der Waals surface area contributed by atoms with Gasteiger partial charge in [-0.05, 0) is 68.6 Å². The fraction of sp³-hybridized carbons (Fsp3) is 0.423. The van der Waals surface area contributed by atoms with Crippen LogP contribution in [0.5, 0.6) is 0 Å². The van der Waals surface area contributed by atoms with Crippen LogP contribution >= 0.6 is 11.6 Å². The molecule has 1 saturated carbocycles. The van der Waals surface area contributed by atoms with Crippen molar-refractivity contribution in [3.63, 3.8) is 0 Å². The first-order valence-electron chi connectivity index (χ1n) is 11.9. The number of hydrogen-bond acceptors (Lipinski definition) is 4. The highest BCUT2D eigenvalue weighted by Crippen LogP contribution is 2.35. The molecule has 3 aromatic rings. The van der Waals surface area contributed by atoms with Crippen LogP contribution in [0.2, 0.25) is 5.02 Å². The molecule has 1 aliphatic heterocycles. The Morgan fingerprint density at radius 3 is 2.67 bits per heavy atom. The minimum Gasteiger partial charge on any atom is -0.354 e. The molecule has 1 atom stereocenters. The summed E-state index contributed by atoms with van der Waals surface area (Å²) in [6.45, 7) is 2.60. The molecular formula is C26H29ClN4O2. The molecule has 1 aliphatic carbocycles. The van der Waals surface area contributed by atoms with Gasteiger partial charge in [-0.25, -0.2) is 4.98 Å². The standard InChI is InChI=1S/C26H29ClN4O2/c27-19-7-5-6-18(16-19)23(30-14-3-4-15-30)17-28-25(32)13-12-24-29-22-9-2-1-8-21(22)26(33)31(24)20-10-11-20/h1-2,5-9,16,20,23H,3-4,10-15,17H2,(H,28,32). The Hall–Kier alpha value is -2.70. The highest BCUT2D eigenvalue weighted by molar-refractivity contribution is 6.30. The van der Waals surface area contributed by atoms with Gasteiger partial charge >= 0.3 is 0 Å². The van der Waals surface area contributed by atoms with E-state index in [1.54, 1.807) is 0 Å². The van der Waals surface area contributed by atoms with E-state index < -0.39 is 0 Å². The number of hydrogen-bond donors (Lipinski definition) is 1. The van der Waals surface area contributed by atoms with Crippen molar-refractivity contribution in [3.05, 3.63) is 75.3 Å². The highest BCUT2D eigenvalue weighted by Gasteiger charge is 2.29. The summed E-state index contributed by atoms with van der Waals surface area (Å²) in [6.07, 6.45) is 5.11. The number of amides is 1. The molecule has 172 valence electrons. The number of aryl methyl sites for hydroxylation is 1. The Morgan fingerprint density at radius 2 is 1.91 bits per heavy atom. The van der Waals surface area contributed by atoms with E-state index in [9.17, 15) is 9.59 Å². The normalized spacial score (nSPS) is 17.4. The molecule has 2 fully saturated rings. The number of fused-ring (bicyclic) bond motifs is 1. The molecule has 5 rings (SSSR count). The molecule has 6 nitrogen and oxygen atoms in total. The van der Waals surface area contributed by atoms with E-state index in [2.05, 4.69) is 16.3 Å². The summed E-state index contributed by atoms with van der Waals surface area (Å²) in [5.74, 6) is 0.688. The number of carbonyl (C=O) groups excluding carboxylic acids is 1. The Kier molecular flexibility index (Phi) is 6.47. The van der Waals surface area contributed by atoms with Gasteiger partial charge in [-0.2, -0.15) is 0 Å². The van der Waals surface area contributed by atoms with Crippen LogP contribution in [0.1, 0.15) is 55.6 Å². The number of nitrogens with zero attached hydrogens (tertiary/aromatic N) is 3. The van der Waals surface area contributed by atoms with Gasteiger partial charge in [-0.3, -0.25) is 19.1 Å². The molecule has 2 aromatic carbocycles. The molecule has 2 aliphatic rings. The summed E-state index contributed by atoms with van der Waals surface area (Å²) in [7, 11) is 0. The van der Waals surface area contributed by atoms with Gasteiger partial charge in [0.15, 0.2) is 0 Å². The fourth-order valence-corrected chi connectivity index (χ4v) is 5.03. The monoisotopic (exact) mass is 464 g/mol. The van der Waals surface area contributed by atoms with Crippen LogP contribution in [0.4, 0.5) is 0 Å². The van der Waals surface area contributed by atoms with Crippen LogP contribution in [0.15, 0.2) is 53.3 Å². The summed E-state index contributed by atoms with van der Waals surface area (Å²) in [4.78, 5) is 33.0. The van der Waals surface area contributed by atoms with E-state index in [0.717, 1.165) is 31.5 Å². The summed E-state index contributed by atoms with van der Waals surface area (Å²) < 4.78 is 1.81. The molecule has 1 amide bonds. The van der Waals surface area contributed by atoms with Gasteiger partial charge in [0, 0.05) is 30.5 Å². The molecule has 1 aromatic heterocycles. The number of halogens is 1. The molecule has 0 spiro atoms. The first-order valence-corrected chi connectivity index (χ1v) is 12.2. The molecule has 33 heavy (non-hydrogen) atoms. The smallest absolute Gasteiger partial charge is 0.261 e. The molecule has 7 heteroatoms. The number of para-hydroxylation sites is 1. The minimum atomic E-state index is -0.0222. The SMILES string of the molecule is O=C(CCc1nc2ccccc2c(=O)n1C1CC1)NCC(c1cccc(Cl)c1)N1CCCC1. The highest BCUT2D eigenvalue weighted by atomic mass is 35.5. The van der Waals surface area contributed by atoms with Crippen molar-refractivity contribution in [2.75, 3.05) is 19.6 Å². The lowest BCUT2D eigenvalue weighted by molar-refractivity contribution is -0.121. The maximum atomic E-state index is 13.0. The Morgan fingerprint density at radius 1 is 1.12 bits per heavy atom. The Bertz CT molecular complexity index is 1210. The summed E-state index contributed by atoms with van der Waals surface area (Å²) in [5, 5.41) is 4.48. The second kappa shape index (κ2) is 9.65. The van der Waals surface area contributed by atoms with E-state index in [-0.39, 0.29) is 23.6 Å². The third-order valence-electron chi connectivity index (χ3n) is 6.68. The van der Waals surface area contributed by atoms with Gasteiger partial charge in [0.1, 0.15) is 5.82 Å². The van der Waals surface area contributed by atoms with Crippen LogP contribution in [0.25, 0.3) is 10.9 Å². The largest absolute Gasteiger partial charge is 0.354 e. The minimum absolute atomic E-state index is 0.00793. The van der Waals surface area contributed by atoms with Crippen molar-refractivity contribution in [1.29, 1.82) is 0 Å². The molecular weight excluding hydrogens is 436 g/mol. The van der Waals surface area contributed by atoms with Gasteiger partial charge < -0.3 is 5.32 Å². The van der Waals surface area contributed by atoms with Crippen LogP contribution < -0.4 is 10.9 Å². The van der Waals surface area contributed by atoms with Crippen molar-refractivity contribution in [1.82, 2.24) is 19.8 Å². The number of benzene rings is 2. The second-order valence-corrected chi connectivity index (χ2v) is 9.51. The van der Waals surface area contributed by atoms with Crippen molar-refractivity contribution < 1.29 is 4.79 Å². The molecule has 1 N–H and O–H groups in total. The van der Waals surface area contributed by atoms with Crippen molar-refractivity contribution in [3.8, 4) is 0 Å². The van der Waals surface area contributed by atoms with E-state index in [1.165, 1.54) is 12.8 Å². The maximum Gasteiger partial charge on any atom is 0.261 e. The first kappa shape index (κ1) is 22.1. The number of carbonyl (C=O) groups is 1. The van der Waals surface area contributed by atoms with Crippen LogP contribution in [0, 0.1) is 0 Å². The van der Waals surface area contributed by atoms with Gasteiger partial charge in [0.05, 0.1) is 16.9 Å². The Labute approximate surface area is 198 Å². The van der Waals surface area contributed by atoms with Crippen molar-refractivity contribution in [2.45, 2.75) is 50.6 Å². The zero-order valence-corrected chi connectivity index (χ0v) is 19.4. The lowest BCUT2D eigenvalue weighted by atomic mass is 10.1. The van der Waals surface area contributed by atoms with Crippen molar-refractivity contribution in [2.24, 2.45) is 0 Å². The molecule has 0 radical (unpaired) electrons. The quantitative estimate of drug-likeness (QED) is 0.540.